The first kappa shape index (κ1) is 13.8. The zero-order valence-corrected chi connectivity index (χ0v) is 10.2. The summed E-state index contributed by atoms with van der Waals surface area (Å²) in [4.78, 5) is 0. The van der Waals surface area contributed by atoms with E-state index in [1.165, 1.54) is 0 Å². The van der Waals surface area contributed by atoms with Crippen LogP contribution < -0.4 is 0 Å². The predicted molar refractivity (Wildman–Crippen MR) is 61.4 cm³/mol. The normalized spacial score (nSPS) is 12.1. The second-order valence-electron chi connectivity index (χ2n) is 3.81. The van der Waals surface area contributed by atoms with Crippen molar-refractivity contribution in [2.75, 3.05) is 0 Å². The first-order valence-electron chi connectivity index (χ1n) is 5.22. The van der Waals surface area contributed by atoms with Crippen LogP contribution in [-0.4, -0.2) is 27.1 Å². The van der Waals surface area contributed by atoms with Crippen LogP contribution in [0.1, 0.15) is 0 Å². The van der Waals surface area contributed by atoms with Gasteiger partial charge in [-0.1, -0.05) is 30.3 Å². The molecule has 0 saturated heterocycles. The number of rotatable bonds is 4. The molecule has 2 aromatic rings. The number of alkyl halides is 4. The van der Waals surface area contributed by atoms with E-state index in [1.807, 2.05) is 0 Å². The Labute approximate surface area is 110 Å². The summed E-state index contributed by atoms with van der Waals surface area (Å²) in [6.45, 7) is -1.28. The second kappa shape index (κ2) is 5.16. The molecule has 1 aromatic heterocycles. The molecule has 0 aliphatic heterocycles. The van der Waals surface area contributed by atoms with Gasteiger partial charge < -0.3 is 0 Å². The molecule has 0 saturated carbocycles. The topological polar surface area (TPSA) is 30.7 Å². The maximum Gasteiger partial charge on any atom is 0.325 e. The molecule has 0 aliphatic carbocycles. The summed E-state index contributed by atoms with van der Waals surface area (Å²) in [6, 6.07) is 8.23. The molecule has 0 N–H and O–H groups in total. The average Bonchev–Trinajstić information content (AvgIpc) is 2.71. The summed E-state index contributed by atoms with van der Waals surface area (Å²) >= 11 is 5.62. The monoisotopic (exact) mass is 293 g/mol. The van der Waals surface area contributed by atoms with Crippen molar-refractivity contribution in [1.82, 2.24) is 14.8 Å². The molecule has 3 nitrogen and oxygen atoms in total. The predicted octanol–water partition coefficient (Wildman–Crippen LogP) is 3.50. The summed E-state index contributed by atoms with van der Waals surface area (Å²) < 4.78 is 51.4. The first-order chi connectivity index (χ1) is 8.92. The highest BCUT2D eigenvalue weighted by Gasteiger charge is 2.42. The van der Waals surface area contributed by atoms with E-state index < -0.39 is 18.9 Å². The highest BCUT2D eigenvalue weighted by molar-refractivity contribution is 6.28. The Kier molecular flexibility index (Phi) is 3.75. The van der Waals surface area contributed by atoms with Gasteiger partial charge in [-0.3, -0.25) is 4.57 Å². The van der Waals surface area contributed by atoms with Crippen molar-refractivity contribution in [3.05, 3.63) is 35.6 Å². The van der Waals surface area contributed by atoms with E-state index in [4.69, 9.17) is 11.6 Å². The minimum Gasteiger partial charge on any atom is -0.291 e. The van der Waals surface area contributed by atoms with E-state index in [9.17, 15) is 17.6 Å². The number of halogens is 5. The summed E-state index contributed by atoms with van der Waals surface area (Å²) in [5, 5.41) is 6.71. The number of benzene rings is 1. The zero-order chi connectivity index (χ0) is 14.0. The van der Waals surface area contributed by atoms with Gasteiger partial charge in [0.05, 0.1) is 6.54 Å². The van der Waals surface area contributed by atoms with Gasteiger partial charge in [0.2, 0.25) is 5.28 Å². The van der Waals surface area contributed by atoms with E-state index in [0.29, 0.717) is 5.56 Å². The molecule has 1 heterocycles. The van der Waals surface area contributed by atoms with Crippen molar-refractivity contribution in [1.29, 1.82) is 0 Å². The van der Waals surface area contributed by atoms with Gasteiger partial charge in [0.25, 0.3) is 0 Å². The molecule has 8 heteroatoms. The Balaban J connectivity index is 2.39. The van der Waals surface area contributed by atoms with Crippen LogP contribution in [0.4, 0.5) is 17.6 Å². The largest absolute Gasteiger partial charge is 0.325 e. The van der Waals surface area contributed by atoms with Crippen molar-refractivity contribution in [2.45, 2.75) is 18.9 Å². The smallest absolute Gasteiger partial charge is 0.291 e. The van der Waals surface area contributed by atoms with Gasteiger partial charge in [0.15, 0.2) is 5.82 Å². The summed E-state index contributed by atoms with van der Waals surface area (Å²) in [6.07, 6.45) is -3.78. The van der Waals surface area contributed by atoms with Crippen LogP contribution in [0.3, 0.4) is 0 Å². The van der Waals surface area contributed by atoms with Crippen LogP contribution in [0.25, 0.3) is 11.4 Å². The van der Waals surface area contributed by atoms with E-state index in [2.05, 4.69) is 10.2 Å². The van der Waals surface area contributed by atoms with Crippen LogP contribution in [0, 0.1) is 0 Å². The molecule has 102 valence electrons. The Morgan fingerprint density at radius 3 is 2.37 bits per heavy atom. The summed E-state index contributed by atoms with van der Waals surface area (Å²) in [7, 11) is 0. The SMILES string of the molecule is FC(F)C(F)(F)Cn1c(Cl)nnc1-c1ccccc1. The molecule has 0 atom stereocenters. The molecule has 0 amide bonds. The molecule has 0 bridgehead atoms. The van der Waals surface area contributed by atoms with Gasteiger partial charge in [-0.2, -0.15) is 8.78 Å². The van der Waals surface area contributed by atoms with Crippen molar-refractivity contribution in [3.63, 3.8) is 0 Å². The Hall–Kier alpha value is -1.63. The van der Waals surface area contributed by atoms with Gasteiger partial charge in [0.1, 0.15) is 0 Å². The third kappa shape index (κ3) is 2.86. The third-order valence-electron chi connectivity index (χ3n) is 2.43. The average molecular weight is 294 g/mol. The molecule has 0 fully saturated rings. The standard InChI is InChI=1S/C11H8ClF4N3/c12-10-18-17-8(7-4-2-1-3-5-7)19(10)6-11(15,16)9(13)14/h1-5,9H,6H2. The lowest BCUT2D eigenvalue weighted by Crippen LogP contribution is -2.32. The van der Waals surface area contributed by atoms with Gasteiger partial charge in [-0.25, -0.2) is 8.78 Å². The van der Waals surface area contributed by atoms with Gasteiger partial charge in [0, 0.05) is 5.56 Å². The van der Waals surface area contributed by atoms with Gasteiger partial charge >= 0.3 is 12.3 Å². The lowest BCUT2D eigenvalue weighted by Gasteiger charge is -2.17. The van der Waals surface area contributed by atoms with E-state index >= 15 is 0 Å². The summed E-state index contributed by atoms with van der Waals surface area (Å²) in [5.74, 6) is -4.18. The van der Waals surface area contributed by atoms with Crippen molar-refractivity contribution in [2.24, 2.45) is 0 Å². The minimum atomic E-state index is -4.20. The zero-order valence-electron chi connectivity index (χ0n) is 9.40. The first-order valence-corrected chi connectivity index (χ1v) is 5.59. The molecular formula is C11H8ClF4N3. The van der Waals surface area contributed by atoms with Crippen LogP contribution in [-0.2, 0) is 6.54 Å². The minimum absolute atomic E-state index is 0.0194. The summed E-state index contributed by atoms with van der Waals surface area (Å²) in [5.41, 5.74) is 0.465. The fourth-order valence-corrected chi connectivity index (χ4v) is 1.68. The van der Waals surface area contributed by atoms with E-state index in [1.54, 1.807) is 30.3 Å². The highest BCUT2D eigenvalue weighted by atomic mass is 35.5. The van der Waals surface area contributed by atoms with Crippen molar-refractivity contribution >= 4 is 11.6 Å². The number of nitrogens with zero attached hydrogens (tertiary/aromatic N) is 3. The second-order valence-corrected chi connectivity index (χ2v) is 4.14. The quantitative estimate of drug-likeness (QED) is 0.808. The van der Waals surface area contributed by atoms with Crippen LogP contribution in [0.15, 0.2) is 30.3 Å². The van der Waals surface area contributed by atoms with Gasteiger partial charge in [-0.15, -0.1) is 10.2 Å². The lowest BCUT2D eigenvalue weighted by atomic mass is 10.2. The maximum atomic E-state index is 13.1. The molecule has 0 radical (unpaired) electrons. The number of aromatic nitrogens is 3. The Morgan fingerprint density at radius 2 is 1.79 bits per heavy atom. The van der Waals surface area contributed by atoms with E-state index in [-0.39, 0.29) is 11.1 Å². The molecule has 0 unspecified atom stereocenters. The van der Waals surface area contributed by atoms with Crippen molar-refractivity contribution < 1.29 is 17.6 Å². The van der Waals surface area contributed by atoms with Crippen LogP contribution >= 0.6 is 11.6 Å². The maximum absolute atomic E-state index is 13.1. The molecule has 0 aliphatic rings. The fraction of sp³-hybridized carbons (Fsp3) is 0.273. The Bertz CT molecular complexity index is 556. The Morgan fingerprint density at radius 1 is 1.16 bits per heavy atom. The number of hydrogen-bond acceptors (Lipinski definition) is 2. The molecular weight excluding hydrogens is 286 g/mol. The third-order valence-corrected chi connectivity index (χ3v) is 2.71. The van der Waals surface area contributed by atoms with Crippen molar-refractivity contribution in [3.8, 4) is 11.4 Å². The fourth-order valence-electron chi connectivity index (χ4n) is 1.50. The highest BCUT2D eigenvalue weighted by Crippen LogP contribution is 2.29. The van der Waals surface area contributed by atoms with Crippen LogP contribution in [0.2, 0.25) is 5.28 Å². The molecule has 2 rings (SSSR count). The lowest BCUT2D eigenvalue weighted by molar-refractivity contribution is -0.137. The van der Waals surface area contributed by atoms with Gasteiger partial charge in [-0.05, 0) is 11.6 Å². The number of hydrogen-bond donors (Lipinski definition) is 0. The molecule has 1 aromatic carbocycles. The van der Waals surface area contributed by atoms with Crippen LogP contribution in [0.5, 0.6) is 0 Å². The molecule has 0 spiro atoms. The molecule has 19 heavy (non-hydrogen) atoms. The van der Waals surface area contributed by atoms with E-state index in [0.717, 1.165) is 4.57 Å².